The number of carboxylic acid groups (broad SMARTS) is 2. The van der Waals surface area contributed by atoms with Gasteiger partial charge in [0.25, 0.3) is 0 Å². The predicted octanol–water partition coefficient (Wildman–Crippen LogP) is -5.61. The van der Waals surface area contributed by atoms with Gasteiger partial charge < -0.3 is 51.7 Å². The standard InChI is InChI=1S/C6H14N2.2C3H6O4.Pt/c7-5-3-1-2-4-6(5)8;2*4-1-2(5)3(6)7;/h5-6H,1-4,7-8H2;2*2,4-5H,1H2,(H,6,7);/q;;;+2/p-2. The van der Waals surface area contributed by atoms with Gasteiger partial charge in [-0.15, -0.1) is 0 Å². The van der Waals surface area contributed by atoms with Crippen molar-refractivity contribution < 1.29 is 61.3 Å². The molecule has 4 unspecified atom stereocenters. The van der Waals surface area contributed by atoms with E-state index in [0.29, 0.717) is 0 Å². The topological polar surface area (TPSA) is 213 Å². The molecular weight excluding hydrogens is 495 g/mol. The summed E-state index contributed by atoms with van der Waals surface area (Å²) in [7, 11) is 0. The number of nitrogens with two attached hydrogens (primary N) is 2. The molecule has 0 aromatic rings. The van der Waals surface area contributed by atoms with E-state index in [1.165, 1.54) is 12.8 Å². The quantitative estimate of drug-likeness (QED) is 0.207. The van der Waals surface area contributed by atoms with Crippen molar-refractivity contribution in [2.45, 2.75) is 50.0 Å². The third-order valence-electron chi connectivity index (χ3n) is 2.76. The molecule has 10 nitrogen and oxygen atoms in total. The molecule has 0 spiro atoms. The molecule has 140 valence electrons. The van der Waals surface area contributed by atoms with E-state index in [9.17, 15) is 19.8 Å². The van der Waals surface area contributed by atoms with Gasteiger partial charge >= 0.3 is 21.1 Å². The summed E-state index contributed by atoms with van der Waals surface area (Å²) < 4.78 is 0. The van der Waals surface area contributed by atoms with Gasteiger partial charge in [-0.05, 0) is 12.8 Å². The summed E-state index contributed by atoms with van der Waals surface area (Å²) in [6, 6.07) is 0.562. The van der Waals surface area contributed by atoms with Gasteiger partial charge in [0.1, 0.15) is 12.2 Å². The van der Waals surface area contributed by atoms with E-state index < -0.39 is 37.4 Å². The van der Waals surface area contributed by atoms with Crippen molar-refractivity contribution >= 4 is 11.9 Å². The molecule has 4 atom stereocenters. The van der Waals surface area contributed by atoms with Gasteiger partial charge in [0, 0.05) is 12.1 Å². The van der Waals surface area contributed by atoms with Crippen LogP contribution in [0.15, 0.2) is 0 Å². The Hall–Kier alpha value is -0.612. The number of aliphatic hydroxyl groups is 4. The van der Waals surface area contributed by atoms with Gasteiger partial charge in [-0.3, -0.25) is 0 Å². The molecule has 0 bridgehead atoms. The second-order valence-corrected chi connectivity index (χ2v) is 4.65. The minimum atomic E-state index is -1.74. The number of hydrogen-bond donors (Lipinski definition) is 6. The van der Waals surface area contributed by atoms with Crippen LogP contribution in [0.2, 0.25) is 0 Å². The van der Waals surface area contributed by atoms with Crippen molar-refractivity contribution in [1.82, 2.24) is 0 Å². The van der Waals surface area contributed by atoms with Crippen LogP contribution in [0.5, 0.6) is 0 Å². The van der Waals surface area contributed by atoms with Gasteiger partial charge in [-0.1, -0.05) is 12.8 Å². The molecule has 8 N–H and O–H groups in total. The summed E-state index contributed by atoms with van der Waals surface area (Å²) in [5.41, 5.74) is 11.3. The van der Waals surface area contributed by atoms with Crippen molar-refractivity contribution in [3.05, 3.63) is 0 Å². The molecule has 1 aliphatic rings. The maximum Gasteiger partial charge on any atom is 2.00 e. The van der Waals surface area contributed by atoms with E-state index in [1.807, 2.05) is 0 Å². The summed E-state index contributed by atoms with van der Waals surface area (Å²) in [6.07, 6.45) is 1.33. The average molecular weight is 519 g/mol. The first-order chi connectivity index (χ1) is 10.2. The molecule has 23 heavy (non-hydrogen) atoms. The van der Waals surface area contributed by atoms with Crippen LogP contribution in [0.1, 0.15) is 25.7 Å². The molecule has 1 saturated carbocycles. The summed E-state index contributed by atoms with van der Waals surface area (Å²) >= 11 is 0. The third-order valence-corrected chi connectivity index (χ3v) is 2.76. The number of aliphatic carboxylic acids is 2. The van der Waals surface area contributed by atoms with Crippen LogP contribution in [-0.2, 0) is 30.7 Å². The van der Waals surface area contributed by atoms with E-state index in [-0.39, 0.29) is 33.1 Å². The van der Waals surface area contributed by atoms with Crippen LogP contribution < -0.4 is 21.7 Å². The van der Waals surface area contributed by atoms with Gasteiger partial charge in [0.15, 0.2) is 0 Å². The number of carbonyl (C=O) groups is 2. The summed E-state index contributed by atoms with van der Waals surface area (Å²) in [5.74, 6) is -3.30. The van der Waals surface area contributed by atoms with Crippen molar-refractivity contribution in [2.75, 3.05) is 13.2 Å². The van der Waals surface area contributed by atoms with Crippen LogP contribution in [0, 0.1) is 0 Å². The van der Waals surface area contributed by atoms with Crippen molar-refractivity contribution in [2.24, 2.45) is 11.5 Å². The Balaban J connectivity index is -0.000000257. The van der Waals surface area contributed by atoms with Crippen LogP contribution in [0.4, 0.5) is 0 Å². The molecule has 0 aliphatic heterocycles. The second kappa shape index (κ2) is 16.3. The smallest absolute Gasteiger partial charge is 0.547 e. The van der Waals surface area contributed by atoms with Gasteiger partial charge in [0.2, 0.25) is 0 Å². The van der Waals surface area contributed by atoms with Crippen LogP contribution in [0.25, 0.3) is 0 Å². The maximum absolute atomic E-state index is 9.41. The fourth-order valence-corrected chi connectivity index (χ4v) is 1.34. The molecular formula is C12H24N2O8Pt. The summed E-state index contributed by atoms with van der Waals surface area (Å²) in [6.45, 7) is -1.58. The fourth-order valence-electron chi connectivity index (χ4n) is 1.34. The number of hydrogen-bond acceptors (Lipinski definition) is 10. The average Bonchev–Trinajstić information content (AvgIpc) is 2.49. The Kier molecular flexibility index (Phi) is 19.3. The minimum absolute atomic E-state index is 0. The Morgan fingerprint density at radius 1 is 0.913 bits per heavy atom. The SMILES string of the molecule is NC1CCCCC1N.O=C([O-])C(O)CO.O=C([O-])C(O)CO.[Pt+2]. The Labute approximate surface area is 148 Å². The molecule has 11 heteroatoms. The summed E-state index contributed by atoms with van der Waals surface area (Å²) in [4.78, 5) is 18.8. The molecule has 0 amide bonds. The summed E-state index contributed by atoms with van der Waals surface area (Å²) in [5, 5.41) is 50.5. The number of carbonyl (C=O) groups excluding carboxylic acids is 2. The predicted molar refractivity (Wildman–Crippen MR) is 70.6 cm³/mol. The molecule has 0 radical (unpaired) electrons. The van der Waals surface area contributed by atoms with Gasteiger partial charge in [0.05, 0.1) is 25.2 Å². The first kappa shape index (κ1) is 27.2. The normalized spacial score (nSPS) is 22.0. The van der Waals surface area contributed by atoms with Gasteiger partial charge in [-0.2, -0.15) is 0 Å². The van der Waals surface area contributed by atoms with Crippen LogP contribution in [-0.4, -0.2) is 69.9 Å². The van der Waals surface area contributed by atoms with Crippen molar-refractivity contribution in [1.29, 1.82) is 0 Å². The van der Waals surface area contributed by atoms with Crippen LogP contribution in [0.3, 0.4) is 0 Å². The minimum Gasteiger partial charge on any atom is -0.547 e. The van der Waals surface area contributed by atoms with E-state index in [0.717, 1.165) is 12.8 Å². The van der Waals surface area contributed by atoms with E-state index in [1.54, 1.807) is 0 Å². The van der Waals surface area contributed by atoms with E-state index >= 15 is 0 Å². The van der Waals surface area contributed by atoms with Gasteiger partial charge in [-0.25, -0.2) is 0 Å². The zero-order chi connectivity index (χ0) is 17.7. The molecule has 0 saturated heterocycles. The zero-order valence-corrected chi connectivity index (χ0v) is 14.7. The Morgan fingerprint density at radius 2 is 1.17 bits per heavy atom. The maximum atomic E-state index is 9.41. The second-order valence-electron chi connectivity index (χ2n) is 4.65. The number of rotatable bonds is 4. The molecule has 1 fully saturated rings. The fraction of sp³-hybridized carbons (Fsp3) is 0.833. The number of carboxylic acids is 2. The molecule has 1 rings (SSSR count). The molecule has 1 aliphatic carbocycles. The Morgan fingerprint density at radius 3 is 1.26 bits per heavy atom. The van der Waals surface area contributed by atoms with E-state index in [2.05, 4.69) is 0 Å². The largest absolute Gasteiger partial charge is 2.00 e. The van der Waals surface area contributed by atoms with E-state index in [4.69, 9.17) is 31.9 Å². The number of aliphatic hydroxyl groups excluding tert-OH is 4. The Bertz CT molecular complexity index is 291. The van der Waals surface area contributed by atoms with Crippen molar-refractivity contribution in [3.8, 4) is 0 Å². The first-order valence-electron chi connectivity index (χ1n) is 6.68. The molecule has 0 heterocycles. The zero-order valence-electron chi connectivity index (χ0n) is 12.4. The molecule has 0 aromatic carbocycles. The van der Waals surface area contributed by atoms with Crippen LogP contribution >= 0.6 is 0 Å². The first-order valence-corrected chi connectivity index (χ1v) is 6.68. The third kappa shape index (κ3) is 16.0. The molecule has 0 aromatic heterocycles. The van der Waals surface area contributed by atoms with Crippen molar-refractivity contribution in [3.63, 3.8) is 0 Å². The monoisotopic (exact) mass is 519 g/mol.